The van der Waals surface area contributed by atoms with E-state index in [1.54, 1.807) is 18.9 Å². The first-order chi connectivity index (χ1) is 15.5. The standard InChI is InChI=1S/C24H39ClN2O4S/c1-31-14-10-11-19(20(25)12-14)21-13-32-24(26-21)27-22(28)17-8-4-2-6-15(17)16-7-3-5-9-18(16)23(29)30/h14-21,24,26H,2-13H2,1H3,(H,27,28)(H,29,30). The van der Waals surface area contributed by atoms with Crippen LogP contribution in [0, 0.1) is 29.6 Å². The Kier molecular flexibility index (Phi) is 8.68. The summed E-state index contributed by atoms with van der Waals surface area (Å²) >= 11 is 8.45. The summed E-state index contributed by atoms with van der Waals surface area (Å²) in [7, 11) is 1.76. The Morgan fingerprint density at radius 2 is 1.62 bits per heavy atom. The largest absolute Gasteiger partial charge is 0.481 e. The number of halogens is 1. The number of thioether (sulfide) groups is 1. The number of ether oxygens (including phenoxy) is 1. The zero-order chi connectivity index (χ0) is 22.7. The first-order valence-electron chi connectivity index (χ1n) is 12.6. The maximum absolute atomic E-state index is 13.4. The van der Waals surface area contributed by atoms with Gasteiger partial charge in [-0.15, -0.1) is 23.4 Å². The van der Waals surface area contributed by atoms with E-state index in [0.717, 1.165) is 76.4 Å². The summed E-state index contributed by atoms with van der Waals surface area (Å²) in [5.41, 5.74) is -0.0827. The molecule has 4 aliphatic rings. The number of carbonyl (C=O) groups is 2. The van der Waals surface area contributed by atoms with Gasteiger partial charge in [-0.2, -0.15) is 0 Å². The average molecular weight is 487 g/mol. The molecule has 32 heavy (non-hydrogen) atoms. The third kappa shape index (κ3) is 5.59. The molecule has 9 atom stereocenters. The predicted molar refractivity (Wildman–Crippen MR) is 128 cm³/mol. The molecule has 0 bridgehead atoms. The fourth-order valence-corrected chi connectivity index (χ4v) is 8.52. The quantitative estimate of drug-likeness (QED) is 0.487. The zero-order valence-corrected chi connectivity index (χ0v) is 20.7. The number of carboxylic acids is 1. The molecule has 9 unspecified atom stereocenters. The molecule has 182 valence electrons. The maximum Gasteiger partial charge on any atom is 0.306 e. The molecule has 0 aromatic heterocycles. The summed E-state index contributed by atoms with van der Waals surface area (Å²) < 4.78 is 5.49. The number of methoxy groups -OCH3 is 1. The topological polar surface area (TPSA) is 87.7 Å². The Morgan fingerprint density at radius 3 is 2.28 bits per heavy atom. The second kappa shape index (κ2) is 11.3. The molecule has 1 saturated heterocycles. The smallest absolute Gasteiger partial charge is 0.306 e. The van der Waals surface area contributed by atoms with Gasteiger partial charge < -0.3 is 15.2 Å². The normalized spacial score (nSPS) is 43.0. The van der Waals surface area contributed by atoms with Crippen LogP contribution >= 0.6 is 23.4 Å². The van der Waals surface area contributed by atoms with Gasteiger partial charge in [-0.1, -0.05) is 25.7 Å². The Labute approximate surface area is 201 Å². The molecule has 4 fully saturated rings. The highest BCUT2D eigenvalue weighted by Crippen LogP contribution is 2.45. The second-order valence-electron chi connectivity index (χ2n) is 10.3. The van der Waals surface area contributed by atoms with Crippen molar-refractivity contribution in [1.29, 1.82) is 0 Å². The number of aliphatic carboxylic acids is 1. The minimum Gasteiger partial charge on any atom is -0.481 e. The van der Waals surface area contributed by atoms with Gasteiger partial charge in [-0.05, 0) is 62.7 Å². The summed E-state index contributed by atoms with van der Waals surface area (Å²) in [5.74, 6) is 0.787. The minimum atomic E-state index is -0.672. The van der Waals surface area contributed by atoms with Gasteiger partial charge in [-0.3, -0.25) is 14.9 Å². The van der Waals surface area contributed by atoms with Gasteiger partial charge in [0.25, 0.3) is 0 Å². The van der Waals surface area contributed by atoms with Crippen LogP contribution in [0.3, 0.4) is 0 Å². The molecule has 1 aliphatic heterocycles. The second-order valence-corrected chi connectivity index (χ2v) is 12.0. The average Bonchev–Trinajstić information content (AvgIpc) is 3.26. The third-order valence-electron chi connectivity index (χ3n) is 8.55. The lowest BCUT2D eigenvalue weighted by atomic mass is 9.64. The van der Waals surface area contributed by atoms with E-state index in [-0.39, 0.29) is 46.6 Å². The van der Waals surface area contributed by atoms with Gasteiger partial charge in [0.1, 0.15) is 5.50 Å². The van der Waals surface area contributed by atoms with Gasteiger partial charge in [0, 0.05) is 30.2 Å². The minimum absolute atomic E-state index is 0.0620. The van der Waals surface area contributed by atoms with Gasteiger partial charge in [-0.25, -0.2) is 0 Å². The van der Waals surface area contributed by atoms with Crippen LogP contribution in [0.4, 0.5) is 0 Å². The molecule has 3 aliphatic carbocycles. The Balaban J connectivity index is 1.34. The van der Waals surface area contributed by atoms with Crippen molar-refractivity contribution in [3.63, 3.8) is 0 Å². The number of nitrogens with one attached hydrogen (secondary N) is 2. The van der Waals surface area contributed by atoms with Crippen LogP contribution in [0.15, 0.2) is 0 Å². The van der Waals surface area contributed by atoms with Crippen LogP contribution in [0.2, 0.25) is 0 Å². The van der Waals surface area contributed by atoms with Crippen molar-refractivity contribution in [3.05, 3.63) is 0 Å². The number of hydrogen-bond acceptors (Lipinski definition) is 5. The van der Waals surface area contributed by atoms with E-state index >= 15 is 0 Å². The van der Waals surface area contributed by atoms with Gasteiger partial charge in [0.05, 0.1) is 12.0 Å². The monoisotopic (exact) mass is 486 g/mol. The van der Waals surface area contributed by atoms with E-state index in [4.69, 9.17) is 16.3 Å². The SMILES string of the molecule is COC1CCC(C2CSC(NC(=O)C3CCCCC3C3CCCCC3C(=O)O)N2)C(Cl)C1. The highest BCUT2D eigenvalue weighted by atomic mass is 35.5. The number of rotatable bonds is 6. The third-order valence-corrected chi connectivity index (χ3v) is 10.2. The number of amides is 1. The number of carbonyl (C=O) groups excluding carboxylic acids is 1. The molecule has 3 saturated carbocycles. The summed E-state index contributed by atoms with van der Waals surface area (Å²) in [6, 6.07) is 0.308. The van der Waals surface area contributed by atoms with Crippen LogP contribution in [0.25, 0.3) is 0 Å². The lowest BCUT2D eigenvalue weighted by Gasteiger charge is -2.41. The number of hydrogen-bond donors (Lipinski definition) is 3. The fourth-order valence-electron chi connectivity index (χ4n) is 6.80. The molecular weight excluding hydrogens is 448 g/mol. The Bertz CT molecular complexity index is 668. The molecule has 1 heterocycles. The van der Waals surface area contributed by atoms with Crippen LogP contribution in [0.1, 0.15) is 70.6 Å². The molecule has 0 radical (unpaired) electrons. The molecule has 1 amide bonds. The molecule has 6 nitrogen and oxygen atoms in total. The zero-order valence-electron chi connectivity index (χ0n) is 19.1. The summed E-state index contributed by atoms with van der Waals surface area (Å²) in [5, 5.41) is 16.8. The van der Waals surface area contributed by atoms with Crippen molar-refractivity contribution in [2.24, 2.45) is 29.6 Å². The van der Waals surface area contributed by atoms with E-state index in [1.807, 2.05) is 0 Å². The lowest BCUT2D eigenvalue weighted by molar-refractivity contribution is -0.148. The van der Waals surface area contributed by atoms with Crippen molar-refractivity contribution in [1.82, 2.24) is 10.6 Å². The summed E-state index contributed by atoms with van der Waals surface area (Å²) in [6.45, 7) is 0. The highest BCUT2D eigenvalue weighted by Gasteiger charge is 2.44. The summed E-state index contributed by atoms with van der Waals surface area (Å²) in [4.78, 5) is 25.2. The molecule has 4 rings (SSSR count). The van der Waals surface area contributed by atoms with Gasteiger partial charge in [0.15, 0.2) is 0 Å². The highest BCUT2D eigenvalue weighted by molar-refractivity contribution is 8.00. The van der Waals surface area contributed by atoms with E-state index in [9.17, 15) is 14.7 Å². The van der Waals surface area contributed by atoms with Crippen molar-refractivity contribution >= 4 is 35.2 Å². The van der Waals surface area contributed by atoms with Crippen LogP contribution in [0.5, 0.6) is 0 Å². The lowest BCUT2D eigenvalue weighted by Crippen LogP contribution is -2.51. The Hall–Kier alpha value is -0.500. The van der Waals surface area contributed by atoms with Crippen molar-refractivity contribution in [2.45, 2.75) is 93.6 Å². The van der Waals surface area contributed by atoms with E-state index in [1.165, 1.54) is 0 Å². The van der Waals surface area contributed by atoms with Crippen LogP contribution < -0.4 is 10.6 Å². The molecule has 0 aromatic rings. The Morgan fingerprint density at radius 1 is 0.969 bits per heavy atom. The van der Waals surface area contributed by atoms with Crippen molar-refractivity contribution in [2.75, 3.05) is 12.9 Å². The van der Waals surface area contributed by atoms with Gasteiger partial charge in [0.2, 0.25) is 5.91 Å². The van der Waals surface area contributed by atoms with Gasteiger partial charge >= 0.3 is 5.97 Å². The van der Waals surface area contributed by atoms with E-state index in [2.05, 4.69) is 10.6 Å². The molecule has 8 heteroatoms. The van der Waals surface area contributed by atoms with Crippen molar-refractivity contribution < 1.29 is 19.4 Å². The molecule has 3 N–H and O–H groups in total. The van der Waals surface area contributed by atoms with E-state index in [0.29, 0.717) is 12.0 Å². The molecule has 0 aromatic carbocycles. The first kappa shape index (κ1) is 24.6. The first-order valence-corrected chi connectivity index (χ1v) is 14.0. The molecular formula is C24H39ClN2O4S. The predicted octanol–water partition coefficient (Wildman–Crippen LogP) is 4.21. The van der Waals surface area contributed by atoms with Crippen LogP contribution in [-0.2, 0) is 14.3 Å². The maximum atomic E-state index is 13.4. The fraction of sp³-hybridized carbons (Fsp3) is 0.917. The van der Waals surface area contributed by atoms with Crippen molar-refractivity contribution in [3.8, 4) is 0 Å². The van der Waals surface area contributed by atoms with E-state index < -0.39 is 5.97 Å². The number of alkyl halides is 1. The summed E-state index contributed by atoms with van der Waals surface area (Å²) in [6.07, 6.45) is 11.1. The number of carboxylic acid groups (broad SMARTS) is 1. The van der Waals surface area contributed by atoms with Crippen LogP contribution in [-0.4, -0.2) is 52.9 Å². The molecule has 0 spiro atoms.